The fourth-order valence-electron chi connectivity index (χ4n) is 2.00. The molecule has 0 bridgehead atoms. The van der Waals surface area contributed by atoms with Crippen LogP contribution < -0.4 is 5.32 Å². The van der Waals surface area contributed by atoms with Crippen LogP contribution in [0.25, 0.3) is 0 Å². The zero-order valence-corrected chi connectivity index (χ0v) is 9.52. The van der Waals surface area contributed by atoms with Gasteiger partial charge in [0.25, 0.3) is 0 Å². The Bertz CT molecular complexity index is 347. The average Bonchev–Trinajstić information content (AvgIpc) is 2.46. The summed E-state index contributed by atoms with van der Waals surface area (Å²) in [7, 11) is 0. The first kappa shape index (κ1) is 9.72. The van der Waals surface area contributed by atoms with Crippen LogP contribution >= 0.6 is 0 Å². The van der Waals surface area contributed by atoms with Gasteiger partial charge in [0.1, 0.15) is 0 Å². The Morgan fingerprint density at radius 3 is 2.64 bits per heavy atom. The van der Waals surface area contributed by atoms with E-state index in [4.69, 9.17) is 0 Å². The molecule has 0 amide bonds. The van der Waals surface area contributed by atoms with E-state index in [-0.39, 0.29) is 5.41 Å². The van der Waals surface area contributed by atoms with E-state index >= 15 is 0 Å². The van der Waals surface area contributed by atoms with Crippen LogP contribution in [0.1, 0.15) is 50.4 Å². The number of hydrogen-bond acceptors (Lipinski definition) is 1. The Morgan fingerprint density at radius 2 is 2.00 bits per heavy atom. The minimum Gasteiger partial charge on any atom is -0.306 e. The second-order valence-electron chi connectivity index (χ2n) is 5.27. The van der Waals surface area contributed by atoms with E-state index in [1.807, 2.05) is 0 Å². The number of fused-ring (bicyclic) bond motifs is 1. The van der Waals surface area contributed by atoms with Crippen molar-refractivity contribution in [1.82, 2.24) is 5.32 Å². The Hall–Kier alpha value is -0.820. The molecule has 1 aliphatic rings. The van der Waals surface area contributed by atoms with Crippen LogP contribution in [0.3, 0.4) is 0 Å². The van der Waals surface area contributed by atoms with Crippen molar-refractivity contribution in [2.24, 2.45) is 0 Å². The highest BCUT2D eigenvalue weighted by atomic mass is 14.9. The number of benzene rings is 1. The molecule has 1 N–H and O–H groups in total. The Balaban J connectivity index is 2.45. The molecule has 1 nitrogen and oxygen atoms in total. The molecule has 0 aliphatic carbocycles. The molecule has 1 aromatic rings. The summed E-state index contributed by atoms with van der Waals surface area (Å²) in [6.45, 7) is 10.1. The van der Waals surface area contributed by atoms with E-state index in [0.29, 0.717) is 6.04 Å². The summed E-state index contributed by atoms with van der Waals surface area (Å²) in [6, 6.07) is 7.41. The summed E-state index contributed by atoms with van der Waals surface area (Å²) < 4.78 is 0. The van der Waals surface area contributed by atoms with Crippen molar-refractivity contribution in [3.05, 3.63) is 34.9 Å². The van der Waals surface area contributed by atoms with E-state index in [1.54, 1.807) is 0 Å². The predicted octanol–water partition coefficient (Wildman–Crippen LogP) is 3.15. The van der Waals surface area contributed by atoms with Crippen molar-refractivity contribution < 1.29 is 0 Å². The van der Waals surface area contributed by atoms with Gasteiger partial charge in [-0.1, -0.05) is 39.0 Å². The van der Waals surface area contributed by atoms with Crippen LogP contribution in [0.4, 0.5) is 0 Å². The van der Waals surface area contributed by atoms with Crippen LogP contribution in [-0.4, -0.2) is 0 Å². The maximum Gasteiger partial charge on any atom is 0.0298 e. The highest BCUT2D eigenvalue weighted by Crippen LogP contribution is 2.30. The molecule has 0 fully saturated rings. The van der Waals surface area contributed by atoms with Gasteiger partial charge in [-0.2, -0.15) is 0 Å². The molecule has 0 spiro atoms. The van der Waals surface area contributed by atoms with Crippen molar-refractivity contribution >= 4 is 0 Å². The third-order valence-electron chi connectivity index (χ3n) is 3.08. The highest BCUT2D eigenvalue weighted by Gasteiger charge is 2.21. The fourth-order valence-corrected chi connectivity index (χ4v) is 2.00. The SMILES string of the molecule is CC1NCc2ccc(C(C)(C)C)cc21. The lowest BCUT2D eigenvalue weighted by molar-refractivity contribution is 0.587. The Kier molecular flexibility index (Phi) is 2.15. The number of hydrogen-bond donors (Lipinski definition) is 1. The van der Waals surface area contributed by atoms with E-state index in [9.17, 15) is 0 Å². The van der Waals surface area contributed by atoms with Crippen LogP contribution in [-0.2, 0) is 12.0 Å². The molecule has 1 unspecified atom stereocenters. The molecule has 14 heavy (non-hydrogen) atoms. The zero-order valence-electron chi connectivity index (χ0n) is 9.52. The quantitative estimate of drug-likeness (QED) is 0.661. The molecule has 0 aromatic heterocycles. The Labute approximate surface area is 86.5 Å². The maximum absolute atomic E-state index is 3.46. The van der Waals surface area contributed by atoms with Gasteiger partial charge in [0.15, 0.2) is 0 Å². The molecule has 76 valence electrons. The minimum absolute atomic E-state index is 0.261. The first-order chi connectivity index (χ1) is 6.48. The van der Waals surface area contributed by atoms with Crippen molar-refractivity contribution in [2.75, 3.05) is 0 Å². The van der Waals surface area contributed by atoms with Gasteiger partial charge in [0, 0.05) is 12.6 Å². The van der Waals surface area contributed by atoms with E-state index in [2.05, 4.69) is 51.2 Å². The lowest BCUT2D eigenvalue weighted by atomic mass is 9.85. The van der Waals surface area contributed by atoms with Crippen molar-refractivity contribution in [1.29, 1.82) is 0 Å². The standard InChI is InChI=1S/C13H19N/c1-9-12-7-11(13(2,3)4)6-5-10(12)8-14-9/h5-7,9,14H,8H2,1-4H3. The largest absolute Gasteiger partial charge is 0.306 e. The van der Waals surface area contributed by atoms with Gasteiger partial charge in [0.05, 0.1) is 0 Å². The Morgan fingerprint density at radius 1 is 1.29 bits per heavy atom. The summed E-state index contributed by atoms with van der Waals surface area (Å²) in [5.74, 6) is 0. The molecule has 1 heterocycles. The molecule has 1 heteroatoms. The zero-order chi connectivity index (χ0) is 10.3. The molecule has 1 atom stereocenters. The topological polar surface area (TPSA) is 12.0 Å². The van der Waals surface area contributed by atoms with Crippen molar-refractivity contribution in [2.45, 2.75) is 45.7 Å². The molecular weight excluding hydrogens is 170 g/mol. The van der Waals surface area contributed by atoms with Crippen LogP contribution in [0, 0.1) is 0 Å². The first-order valence-electron chi connectivity index (χ1n) is 5.35. The molecule has 0 saturated heterocycles. The van der Waals surface area contributed by atoms with E-state index < -0.39 is 0 Å². The van der Waals surface area contributed by atoms with Crippen molar-refractivity contribution in [3.63, 3.8) is 0 Å². The first-order valence-corrected chi connectivity index (χ1v) is 5.35. The monoisotopic (exact) mass is 189 g/mol. The van der Waals surface area contributed by atoms with E-state index in [1.165, 1.54) is 16.7 Å². The summed E-state index contributed by atoms with van der Waals surface area (Å²) in [4.78, 5) is 0. The predicted molar refractivity (Wildman–Crippen MR) is 60.4 cm³/mol. The summed E-state index contributed by atoms with van der Waals surface area (Å²) in [5.41, 5.74) is 4.65. The normalized spacial score (nSPS) is 21.0. The van der Waals surface area contributed by atoms with Gasteiger partial charge in [-0.05, 0) is 29.0 Å². The molecule has 0 radical (unpaired) electrons. The molecule has 0 saturated carbocycles. The van der Waals surface area contributed by atoms with Gasteiger partial charge in [-0.3, -0.25) is 0 Å². The summed E-state index contributed by atoms with van der Waals surface area (Å²) in [5, 5.41) is 3.46. The average molecular weight is 189 g/mol. The third kappa shape index (κ3) is 1.57. The molecular formula is C13H19N. The maximum atomic E-state index is 3.46. The number of nitrogens with one attached hydrogen (secondary N) is 1. The van der Waals surface area contributed by atoms with Gasteiger partial charge in [0.2, 0.25) is 0 Å². The van der Waals surface area contributed by atoms with Gasteiger partial charge < -0.3 is 5.32 Å². The van der Waals surface area contributed by atoms with Crippen LogP contribution in [0.2, 0.25) is 0 Å². The third-order valence-corrected chi connectivity index (χ3v) is 3.08. The highest BCUT2D eigenvalue weighted by molar-refractivity contribution is 5.39. The lowest BCUT2D eigenvalue weighted by Gasteiger charge is -2.20. The second kappa shape index (κ2) is 3.09. The van der Waals surface area contributed by atoms with Crippen LogP contribution in [0.15, 0.2) is 18.2 Å². The van der Waals surface area contributed by atoms with Crippen LogP contribution in [0.5, 0.6) is 0 Å². The van der Waals surface area contributed by atoms with Crippen molar-refractivity contribution in [3.8, 4) is 0 Å². The molecule has 1 aliphatic heterocycles. The summed E-state index contributed by atoms with van der Waals surface area (Å²) >= 11 is 0. The second-order valence-corrected chi connectivity index (χ2v) is 5.27. The number of rotatable bonds is 0. The smallest absolute Gasteiger partial charge is 0.0298 e. The molecule has 1 aromatic carbocycles. The lowest BCUT2D eigenvalue weighted by Crippen LogP contribution is -2.12. The van der Waals surface area contributed by atoms with E-state index in [0.717, 1.165) is 6.54 Å². The fraction of sp³-hybridized carbons (Fsp3) is 0.538. The van der Waals surface area contributed by atoms with Gasteiger partial charge in [-0.25, -0.2) is 0 Å². The summed E-state index contributed by atoms with van der Waals surface area (Å²) in [6.07, 6.45) is 0. The van der Waals surface area contributed by atoms with Gasteiger partial charge in [-0.15, -0.1) is 0 Å². The van der Waals surface area contributed by atoms with Gasteiger partial charge >= 0.3 is 0 Å². The minimum atomic E-state index is 0.261. The molecule has 2 rings (SSSR count).